The summed E-state index contributed by atoms with van der Waals surface area (Å²) in [4.78, 5) is 20.3. The van der Waals surface area contributed by atoms with Crippen LogP contribution in [-0.2, 0) is 0 Å². The molecule has 0 saturated carbocycles. The van der Waals surface area contributed by atoms with Gasteiger partial charge in [-0.15, -0.1) is 0 Å². The summed E-state index contributed by atoms with van der Waals surface area (Å²) in [7, 11) is 0. The Morgan fingerprint density at radius 1 is 0.308 bits per heavy atom. The number of benzene rings is 5. The van der Waals surface area contributed by atoms with Gasteiger partial charge in [0.15, 0.2) is 0 Å². The van der Waals surface area contributed by atoms with E-state index >= 15 is 0 Å². The molecule has 6 nitrogen and oxygen atoms in total. The van der Waals surface area contributed by atoms with Crippen LogP contribution in [0.4, 0.5) is 0 Å². The second-order valence-electron chi connectivity index (χ2n) is 13.2. The van der Waals surface area contributed by atoms with E-state index in [9.17, 15) is 0 Å². The highest BCUT2D eigenvalue weighted by atomic mass is 15.0. The summed E-state index contributed by atoms with van der Waals surface area (Å²) in [6.07, 6.45) is 4.13. The lowest BCUT2D eigenvalue weighted by molar-refractivity contribution is 1.22. The van der Waals surface area contributed by atoms with Crippen LogP contribution in [0.15, 0.2) is 170 Å². The summed E-state index contributed by atoms with van der Waals surface area (Å²) in [5, 5.41) is 2.12. The monoisotopic (exact) mass is 664 g/mol. The number of imidazole rings is 2. The number of nitrogens with zero attached hydrogens (tertiary/aromatic N) is 6. The molecule has 0 bridgehead atoms. The van der Waals surface area contributed by atoms with E-state index in [2.05, 4.69) is 118 Å². The molecule has 0 amide bonds. The fourth-order valence-corrected chi connectivity index (χ4v) is 7.61. The van der Waals surface area contributed by atoms with Gasteiger partial charge in [-0.05, 0) is 58.7 Å². The van der Waals surface area contributed by atoms with Crippen LogP contribution in [0.5, 0.6) is 0 Å². The molecule has 0 radical (unpaired) electrons. The smallest absolute Gasteiger partial charge is 0.137 e. The van der Waals surface area contributed by atoms with Crippen LogP contribution in [0.25, 0.3) is 99.9 Å². The molecule has 0 saturated heterocycles. The van der Waals surface area contributed by atoms with Gasteiger partial charge in [0.25, 0.3) is 0 Å². The number of para-hydroxylation sites is 2. The van der Waals surface area contributed by atoms with Crippen LogP contribution < -0.4 is 0 Å². The minimum absolute atomic E-state index is 0.915. The summed E-state index contributed by atoms with van der Waals surface area (Å²) in [6.45, 7) is 0. The highest BCUT2D eigenvalue weighted by Crippen LogP contribution is 2.36. The second-order valence-corrected chi connectivity index (χ2v) is 13.2. The molecule has 11 rings (SSSR count). The zero-order valence-corrected chi connectivity index (χ0v) is 27.8. The maximum absolute atomic E-state index is 5.14. The first-order valence-corrected chi connectivity index (χ1v) is 17.4. The quantitative estimate of drug-likeness (QED) is 0.188. The fraction of sp³-hybridized carbons (Fsp3) is 0. The molecule has 0 spiro atoms. The predicted octanol–water partition coefficient (Wildman–Crippen LogP) is 11.1. The fourth-order valence-electron chi connectivity index (χ4n) is 7.61. The minimum atomic E-state index is 0.915. The third-order valence-electron chi connectivity index (χ3n) is 10.2. The molecule has 52 heavy (non-hydrogen) atoms. The Morgan fingerprint density at radius 3 is 1.06 bits per heavy atom. The van der Waals surface area contributed by atoms with Gasteiger partial charge in [0.1, 0.15) is 22.3 Å². The molecule has 6 heterocycles. The van der Waals surface area contributed by atoms with E-state index < -0.39 is 0 Å². The van der Waals surface area contributed by atoms with Crippen LogP contribution in [0.2, 0.25) is 0 Å². The van der Waals surface area contributed by atoms with Crippen LogP contribution >= 0.6 is 0 Å². The molecule has 0 fully saturated rings. The Morgan fingerprint density at radius 2 is 0.654 bits per heavy atom. The molecule has 0 N–H and O–H groups in total. The molecule has 5 aromatic carbocycles. The highest BCUT2D eigenvalue weighted by Gasteiger charge is 2.18. The van der Waals surface area contributed by atoms with E-state index in [1.54, 1.807) is 0 Å². The first kappa shape index (κ1) is 28.6. The van der Waals surface area contributed by atoms with Gasteiger partial charge < -0.3 is 0 Å². The molecule has 0 aliphatic carbocycles. The van der Waals surface area contributed by atoms with Crippen LogP contribution in [0, 0.1) is 0 Å². The van der Waals surface area contributed by atoms with Gasteiger partial charge in [-0.1, -0.05) is 121 Å². The normalized spacial score (nSPS) is 11.8. The Bertz CT molecular complexity index is 2940. The first-order valence-electron chi connectivity index (χ1n) is 17.4. The number of rotatable bonds is 4. The van der Waals surface area contributed by atoms with Gasteiger partial charge in [-0.2, -0.15) is 0 Å². The van der Waals surface area contributed by atoms with E-state index in [-0.39, 0.29) is 0 Å². The number of hydrogen-bond acceptors (Lipinski definition) is 4. The summed E-state index contributed by atoms with van der Waals surface area (Å²) >= 11 is 0. The molecule has 0 unspecified atom stereocenters. The maximum atomic E-state index is 5.14. The average Bonchev–Trinajstić information content (AvgIpc) is 3.81. The average molecular weight is 665 g/mol. The van der Waals surface area contributed by atoms with Crippen LogP contribution in [-0.4, -0.2) is 28.7 Å². The summed E-state index contributed by atoms with van der Waals surface area (Å²) < 4.78 is 4.28. The largest absolute Gasteiger partial charge is 0.298 e. The van der Waals surface area contributed by atoms with Crippen molar-refractivity contribution in [3.63, 3.8) is 0 Å². The lowest BCUT2D eigenvalue weighted by atomic mass is 9.97. The van der Waals surface area contributed by atoms with Crippen molar-refractivity contribution in [3.8, 4) is 44.8 Å². The SMILES string of the molecule is c1ccc2c(c1)nc(-c1ccc(-c3ccc(-c4ccc(-c5nc6ccccc6c6nc7ccccn7c56)cc4)cc3)cc1)c1c2nc2ccccn21. The zero-order valence-electron chi connectivity index (χ0n) is 27.8. The highest BCUT2D eigenvalue weighted by molar-refractivity contribution is 6.10. The number of fused-ring (bicyclic) bond motifs is 10. The summed E-state index contributed by atoms with van der Waals surface area (Å²) in [5.74, 6) is 0. The van der Waals surface area contributed by atoms with Crippen molar-refractivity contribution in [1.82, 2.24) is 28.7 Å². The molecule has 6 aromatic heterocycles. The van der Waals surface area contributed by atoms with Crippen molar-refractivity contribution in [1.29, 1.82) is 0 Å². The van der Waals surface area contributed by atoms with Gasteiger partial charge in [0.05, 0.1) is 33.5 Å². The molecular weight excluding hydrogens is 637 g/mol. The van der Waals surface area contributed by atoms with Gasteiger partial charge >= 0.3 is 0 Å². The molecule has 242 valence electrons. The summed E-state index contributed by atoms with van der Waals surface area (Å²) in [5.41, 5.74) is 16.3. The Balaban J connectivity index is 0.922. The Hall–Kier alpha value is -7.18. The van der Waals surface area contributed by atoms with Gasteiger partial charge in [0.2, 0.25) is 0 Å². The topological polar surface area (TPSA) is 60.4 Å². The van der Waals surface area contributed by atoms with Gasteiger partial charge in [-0.25, -0.2) is 19.9 Å². The van der Waals surface area contributed by atoms with E-state index in [1.165, 1.54) is 0 Å². The first-order chi connectivity index (χ1) is 25.8. The molecule has 0 aliphatic rings. The van der Waals surface area contributed by atoms with E-state index in [1.807, 2.05) is 60.7 Å². The summed E-state index contributed by atoms with van der Waals surface area (Å²) in [6, 6.07) is 54.9. The third-order valence-corrected chi connectivity index (χ3v) is 10.2. The molecule has 11 aromatic rings. The minimum Gasteiger partial charge on any atom is -0.298 e. The van der Waals surface area contributed by atoms with Crippen molar-refractivity contribution >= 4 is 55.2 Å². The Kier molecular flexibility index (Phi) is 6.15. The third kappa shape index (κ3) is 4.38. The van der Waals surface area contributed by atoms with Crippen molar-refractivity contribution in [2.45, 2.75) is 0 Å². The second kappa shape index (κ2) is 11.2. The van der Waals surface area contributed by atoms with Gasteiger partial charge in [0, 0.05) is 34.3 Å². The molecule has 0 aliphatic heterocycles. The van der Waals surface area contributed by atoms with E-state index in [0.29, 0.717) is 0 Å². The predicted molar refractivity (Wildman–Crippen MR) is 211 cm³/mol. The molecule has 0 atom stereocenters. The lowest BCUT2D eigenvalue weighted by Crippen LogP contribution is -1.92. The standard InChI is InChI=1S/C46H28N6/c1-3-11-37-35(9-1)43-45(51-27-7-5-13-39(51)49-43)41(47-37)33-23-19-31(20-24-33)29-15-17-30(18-16-29)32-21-25-34(26-22-32)42-46-44(36-10-2-4-12-38(36)48-42)50-40-14-6-8-28-52(40)46/h1-28H. The molecule has 6 heteroatoms. The number of pyridine rings is 4. The van der Waals surface area contributed by atoms with Crippen molar-refractivity contribution in [2.75, 3.05) is 0 Å². The lowest BCUT2D eigenvalue weighted by Gasteiger charge is -2.10. The Labute approximate surface area is 298 Å². The van der Waals surface area contributed by atoms with Crippen molar-refractivity contribution < 1.29 is 0 Å². The van der Waals surface area contributed by atoms with E-state index in [0.717, 1.165) is 99.9 Å². The maximum Gasteiger partial charge on any atom is 0.137 e. The van der Waals surface area contributed by atoms with E-state index in [4.69, 9.17) is 19.9 Å². The van der Waals surface area contributed by atoms with Crippen molar-refractivity contribution in [2.24, 2.45) is 0 Å². The number of hydrogen-bond donors (Lipinski definition) is 0. The van der Waals surface area contributed by atoms with Crippen LogP contribution in [0.3, 0.4) is 0 Å². The van der Waals surface area contributed by atoms with Crippen LogP contribution in [0.1, 0.15) is 0 Å². The molecular formula is C46H28N6. The zero-order chi connectivity index (χ0) is 34.2. The van der Waals surface area contributed by atoms with Crippen molar-refractivity contribution in [3.05, 3.63) is 170 Å². The number of aromatic nitrogens is 6. The van der Waals surface area contributed by atoms with Gasteiger partial charge in [-0.3, -0.25) is 8.80 Å².